The van der Waals surface area contributed by atoms with E-state index in [1.165, 1.54) is 21.9 Å². The zero-order valence-corrected chi connectivity index (χ0v) is 27.5. The molecule has 0 saturated carbocycles. The fourth-order valence-electron chi connectivity index (χ4n) is 5.67. The first-order valence-corrected chi connectivity index (χ1v) is 15.7. The van der Waals surface area contributed by atoms with Crippen molar-refractivity contribution >= 4 is 57.4 Å². The van der Waals surface area contributed by atoms with Crippen LogP contribution >= 0.6 is 0 Å². The first kappa shape index (κ1) is 30.4. The summed E-state index contributed by atoms with van der Waals surface area (Å²) in [5.41, 5.74) is 9.85. The van der Waals surface area contributed by atoms with Crippen molar-refractivity contribution in [3.05, 3.63) is 137 Å². The van der Waals surface area contributed by atoms with Crippen LogP contribution in [0.4, 0.5) is 0 Å². The SMILES string of the molecule is COc1ccc(C)n2nc(C=Cc3cc(C)c4ccccc4n3)nc12.Cc1cc(C=Cc2nc3cccc(C)n3n2)nc2ccccc12. The molecule has 0 unspecified atom stereocenters. The number of aromatic nitrogens is 8. The molecule has 0 aliphatic heterocycles. The van der Waals surface area contributed by atoms with Crippen LogP contribution in [0.3, 0.4) is 0 Å². The molecule has 0 bridgehead atoms. The average molecular weight is 631 g/mol. The van der Waals surface area contributed by atoms with Gasteiger partial charge < -0.3 is 4.74 Å². The number of hydrogen-bond donors (Lipinski definition) is 0. The predicted molar refractivity (Wildman–Crippen MR) is 193 cm³/mol. The summed E-state index contributed by atoms with van der Waals surface area (Å²) in [5.74, 6) is 2.02. The summed E-state index contributed by atoms with van der Waals surface area (Å²) in [6.45, 7) is 8.21. The van der Waals surface area contributed by atoms with E-state index >= 15 is 0 Å². The van der Waals surface area contributed by atoms with Crippen LogP contribution in [0.1, 0.15) is 45.6 Å². The van der Waals surface area contributed by atoms with Crippen LogP contribution in [0.2, 0.25) is 0 Å². The first-order chi connectivity index (χ1) is 23.4. The zero-order valence-electron chi connectivity index (χ0n) is 27.5. The van der Waals surface area contributed by atoms with Gasteiger partial charge in [0, 0.05) is 22.2 Å². The number of ether oxygens (including phenoxy) is 1. The Morgan fingerprint density at radius 3 is 1.71 bits per heavy atom. The van der Waals surface area contributed by atoms with Gasteiger partial charge in [-0.3, -0.25) is 0 Å². The molecule has 8 aromatic rings. The highest BCUT2D eigenvalue weighted by atomic mass is 16.5. The molecule has 0 saturated heterocycles. The molecule has 0 N–H and O–H groups in total. The fourth-order valence-corrected chi connectivity index (χ4v) is 5.67. The lowest BCUT2D eigenvalue weighted by molar-refractivity contribution is 0.416. The third-order valence-electron chi connectivity index (χ3n) is 8.13. The van der Waals surface area contributed by atoms with Gasteiger partial charge in [-0.25, -0.2) is 29.0 Å². The van der Waals surface area contributed by atoms with Gasteiger partial charge in [-0.2, -0.15) is 0 Å². The van der Waals surface area contributed by atoms with Gasteiger partial charge in [-0.15, -0.1) is 10.2 Å². The molecule has 9 heteroatoms. The van der Waals surface area contributed by atoms with Crippen LogP contribution in [0, 0.1) is 27.7 Å². The van der Waals surface area contributed by atoms with Crippen LogP contribution in [0.15, 0.2) is 91.0 Å². The Hall–Kier alpha value is -6.22. The van der Waals surface area contributed by atoms with E-state index in [0.717, 1.165) is 39.5 Å². The average Bonchev–Trinajstić information content (AvgIpc) is 3.73. The topological polar surface area (TPSA) is 95.4 Å². The Kier molecular flexibility index (Phi) is 8.17. The van der Waals surface area contributed by atoms with E-state index in [9.17, 15) is 0 Å². The van der Waals surface area contributed by atoms with Crippen LogP contribution in [-0.2, 0) is 0 Å². The van der Waals surface area contributed by atoms with Gasteiger partial charge in [0.15, 0.2) is 28.7 Å². The molecule has 8 rings (SSSR count). The van der Waals surface area contributed by atoms with Gasteiger partial charge in [0.2, 0.25) is 0 Å². The summed E-state index contributed by atoms with van der Waals surface area (Å²) >= 11 is 0. The van der Waals surface area contributed by atoms with E-state index in [-0.39, 0.29) is 0 Å². The van der Waals surface area contributed by atoms with Gasteiger partial charge >= 0.3 is 0 Å². The summed E-state index contributed by atoms with van der Waals surface area (Å²) in [7, 11) is 1.64. The number of methoxy groups -OCH3 is 1. The normalized spacial score (nSPS) is 11.7. The maximum atomic E-state index is 5.36. The molecule has 0 radical (unpaired) electrons. The standard InChI is InChI=1S/C20H18N4O.C19H16N4/c1-13-12-15(21-17-7-5-4-6-16(13)17)9-11-19-22-20-18(25-3)10-8-14(2)24(20)23-19;1-13-12-15(20-17-8-4-3-7-16(13)17)10-11-18-21-19-9-5-6-14(2)23(19)22-18/h4-12H,1-3H3;3-12H,1-2H3. The maximum Gasteiger partial charge on any atom is 0.198 e. The molecule has 0 spiro atoms. The quantitative estimate of drug-likeness (QED) is 0.189. The van der Waals surface area contributed by atoms with E-state index < -0.39 is 0 Å². The van der Waals surface area contributed by atoms with Gasteiger partial charge in [0.05, 0.1) is 29.5 Å². The van der Waals surface area contributed by atoms with Crippen molar-refractivity contribution in [2.24, 2.45) is 0 Å². The number of benzene rings is 2. The van der Waals surface area contributed by atoms with Gasteiger partial charge in [-0.1, -0.05) is 42.5 Å². The maximum absolute atomic E-state index is 5.36. The number of aryl methyl sites for hydroxylation is 4. The van der Waals surface area contributed by atoms with Crippen LogP contribution in [-0.4, -0.2) is 46.3 Å². The largest absolute Gasteiger partial charge is 0.493 e. The highest BCUT2D eigenvalue weighted by molar-refractivity contribution is 5.85. The third kappa shape index (κ3) is 6.13. The van der Waals surface area contributed by atoms with Crippen molar-refractivity contribution in [1.29, 1.82) is 0 Å². The Morgan fingerprint density at radius 2 is 1.10 bits per heavy atom. The minimum Gasteiger partial charge on any atom is -0.493 e. The lowest BCUT2D eigenvalue weighted by atomic mass is 10.1. The van der Waals surface area contributed by atoms with Gasteiger partial charge in [0.1, 0.15) is 0 Å². The second-order valence-corrected chi connectivity index (χ2v) is 11.6. The molecule has 0 amide bonds. The van der Waals surface area contributed by atoms with Gasteiger partial charge in [0.25, 0.3) is 0 Å². The summed E-state index contributed by atoms with van der Waals surface area (Å²) in [4.78, 5) is 18.4. The Morgan fingerprint density at radius 1 is 0.542 bits per heavy atom. The molecule has 6 aromatic heterocycles. The zero-order chi connectivity index (χ0) is 33.2. The molecule has 6 heterocycles. The minimum atomic E-state index is 0.625. The number of para-hydroxylation sites is 2. The van der Waals surface area contributed by atoms with Crippen molar-refractivity contribution < 1.29 is 4.74 Å². The third-order valence-corrected chi connectivity index (χ3v) is 8.13. The van der Waals surface area contributed by atoms with Crippen molar-refractivity contribution in [3.8, 4) is 5.75 Å². The molecule has 0 aliphatic carbocycles. The summed E-state index contributed by atoms with van der Waals surface area (Å²) < 4.78 is 9.00. The lowest BCUT2D eigenvalue weighted by Crippen LogP contribution is -1.95. The van der Waals surface area contributed by atoms with E-state index in [2.05, 4.69) is 68.2 Å². The molecule has 9 nitrogen and oxygen atoms in total. The van der Waals surface area contributed by atoms with E-state index in [0.29, 0.717) is 23.0 Å². The molecule has 2 aromatic carbocycles. The second-order valence-electron chi connectivity index (χ2n) is 11.6. The van der Waals surface area contributed by atoms with Crippen molar-refractivity contribution in [2.45, 2.75) is 27.7 Å². The van der Waals surface area contributed by atoms with Crippen molar-refractivity contribution in [2.75, 3.05) is 7.11 Å². The number of hydrogen-bond acceptors (Lipinski definition) is 7. The van der Waals surface area contributed by atoms with Crippen molar-refractivity contribution in [1.82, 2.24) is 39.2 Å². The number of fused-ring (bicyclic) bond motifs is 4. The van der Waals surface area contributed by atoms with E-state index in [1.807, 2.05) is 109 Å². The fraction of sp³-hybridized carbons (Fsp3) is 0.128. The molecule has 0 aliphatic rings. The highest BCUT2D eigenvalue weighted by Gasteiger charge is 2.09. The molecular formula is C39H34N8O. The first-order valence-electron chi connectivity index (χ1n) is 15.7. The lowest BCUT2D eigenvalue weighted by Gasteiger charge is -2.02. The second kappa shape index (κ2) is 12.9. The summed E-state index contributed by atoms with van der Waals surface area (Å²) in [5, 5.41) is 11.4. The van der Waals surface area contributed by atoms with Gasteiger partial charge in [-0.05, 0) is 112 Å². The molecular weight excluding hydrogens is 596 g/mol. The molecule has 0 atom stereocenters. The van der Waals surface area contributed by atoms with Crippen LogP contribution < -0.4 is 4.74 Å². The Bertz CT molecular complexity index is 2510. The number of rotatable bonds is 5. The van der Waals surface area contributed by atoms with E-state index in [4.69, 9.17) is 4.74 Å². The van der Waals surface area contributed by atoms with Crippen LogP contribution in [0.5, 0.6) is 5.75 Å². The number of pyridine rings is 4. The number of nitrogens with zero attached hydrogens (tertiary/aromatic N) is 8. The monoisotopic (exact) mass is 630 g/mol. The highest BCUT2D eigenvalue weighted by Crippen LogP contribution is 2.22. The van der Waals surface area contributed by atoms with Crippen molar-refractivity contribution in [3.63, 3.8) is 0 Å². The molecule has 48 heavy (non-hydrogen) atoms. The molecule has 0 fully saturated rings. The Labute approximate surface area is 277 Å². The summed E-state index contributed by atoms with van der Waals surface area (Å²) in [6, 6.07) is 30.3. The Balaban J connectivity index is 0.000000152. The van der Waals surface area contributed by atoms with Crippen LogP contribution in [0.25, 0.3) is 57.4 Å². The smallest absolute Gasteiger partial charge is 0.198 e. The molecule has 236 valence electrons. The van der Waals surface area contributed by atoms with E-state index in [1.54, 1.807) is 11.6 Å². The summed E-state index contributed by atoms with van der Waals surface area (Å²) in [6.07, 6.45) is 7.69. The minimum absolute atomic E-state index is 0.625. The predicted octanol–water partition coefficient (Wildman–Crippen LogP) is 8.14.